The molecule has 132 valence electrons. The predicted octanol–water partition coefficient (Wildman–Crippen LogP) is 1.93. The normalized spacial score (nSPS) is 18.5. The van der Waals surface area contributed by atoms with Gasteiger partial charge in [0.2, 0.25) is 11.8 Å². The first-order valence-corrected chi connectivity index (χ1v) is 8.21. The topological polar surface area (TPSA) is 93.5 Å². The van der Waals surface area contributed by atoms with E-state index in [9.17, 15) is 9.59 Å². The number of anilines is 1. The molecule has 0 radical (unpaired) electrons. The van der Waals surface area contributed by atoms with E-state index in [2.05, 4.69) is 15.8 Å². The van der Waals surface area contributed by atoms with Gasteiger partial charge < -0.3 is 19.9 Å². The third kappa shape index (κ3) is 4.37. The quantitative estimate of drug-likeness (QED) is 0.801. The highest BCUT2D eigenvalue weighted by molar-refractivity contribution is 5.99. The van der Waals surface area contributed by atoms with Crippen LogP contribution in [0.3, 0.4) is 0 Å². The number of nitrogens with zero attached hydrogens (tertiary/aromatic N) is 1. The monoisotopic (exact) mass is 343 g/mol. The minimum Gasteiger partial charge on any atom is -0.497 e. The van der Waals surface area contributed by atoms with Gasteiger partial charge in [-0.15, -0.1) is 0 Å². The molecule has 2 N–H and O–H groups in total. The molecule has 1 aliphatic carbocycles. The number of amides is 2. The van der Waals surface area contributed by atoms with E-state index in [1.807, 2.05) is 24.3 Å². The van der Waals surface area contributed by atoms with Gasteiger partial charge >= 0.3 is 0 Å². The molecule has 1 saturated carbocycles. The van der Waals surface area contributed by atoms with Gasteiger partial charge in [0.25, 0.3) is 0 Å². The SMILES string of the molecule is COc1ccc(CCNC(=O)C2CC2C(=O)Nc2cc(C)on2)cc1. The molecule has 25 heavy (non-hydrogen) atoms. The number of methoxy groups -OCH3 is 1. The van der Waals surface area contributed by atoms with Gasteiger partial charge in [0.05, 0.1) is 18.9 Å². The van der Waals surface area contributed by atoms with E-state index in [-0.39, 0.29) is 23.7 Å². The standard InChI is InChI=1S/C18H21N3O4/c1-11-9-16(21-25-11)20-18(23)15-10-14(15)17(22)19-8-7-12-3-5-13(24-2)6-4-12/h3-6,9,14-15H,7-8,10H2,1-2H3,(H,19,22)(H,20,21,23). The van der Waals surface area contributed by atoms with E-state index >= 15 is 0 Å². The van der Waals surface area contributed by atoms with Crippen LogP contribution in [0, 0.1) is 18.8 Å². The van der Waals surface area contributed by atoms with Crippen molar-refractivity contribution in [3.05, 3.63) is 41.7 Å². The van der Waals surface area contributed by atoms with Crippen molar-refractivity contribution in [1.29, 1.82) is 0 Å². The third-order valence-corrected chi connectivity index (χ3v) is 4.22. The van der Waals surface area contributed by atoms with Crippen LogP contribution in [-0.2, 0) is 16.0 Å². The Balaban J connectivity index is 1.39. The van der Waals surface area contributed by atoms with Crippen LogP contribution >= 0.6 is 0 Å². The molecule has 2 amide bonds. The fourth-order valence-electron chi connectivity index (χ4n) is 2.67. The Hall–Kier alpha value is -2.83. The summed E-state index contributed by atoms with van der Waals surface area (Å²) < 4.78 is 10.0. The van der Waals surface area contributed by atoms with E-state index in [1.165, 1.54) is 0 Å². The van der Waals surface area contributed by atoms with Crippen LogP contribution in [0.2, 0.25) is 0 Å². The number of hydrogen-bond donors (Lipinski definition) is 2. The summed E-state index contributed by atoms with van der Waals surface area (Å²) in [5.41, 5.74) is 1.12. The Morgan fingerprint density at radius 3 is 2.60 bits per heavy atom. The van der Waals surface area contributed by atoms with Crippen molar-refractivity contribution in [1.82, 2.24) is 10.5 Å². The van der Waals surface area contributed by atoms with Crippen molar-refractivity contribution in [3.63, 3.8) is 0 Å². The summed E-state index contributed by atoms with van der Waals surface area (Å²) in [6, 6.07) is 9.37. The van der Waals surface area contributed by atoms with E-state index in [1.54, 1.807) is 20.1 Å². The zero-order valence-electron chi connectivity index (χ0n) is 14.2. The Bertz CT molecular complexity index is 754. The average Bonchev–Trinajstić information content (AvgIpc) is 3.32. The van der Waals surface area contributed by atoms with Crippen LogP contribution in [0.1, 0.15) is 17.7 Å². The van der Waals surface area contributed by atoms with Gasteiger partial charge in [0.1, 0.15) is 11.5 Å². The summed E-state index contributed by atoms with van der Waals surface area (Å²) in [6.45, 7) is 2.29. The van der Waals surface area contributed by atoms with Crippen molar-refractivity contribution in [3.8, 4) is 5.75 Å². The first-order chi connectivity index (χ1) is 12.1. The lowest BCUT2D eigenvalue weighted by molar-refractivity contribution is -0.125. The number of aromatic nitrogens is 1. The highest BCUT2D eigenvalue weighted by Gasteiger charge is 2.48. The molecule has 0 bridgehead atoms. The summed E-state index contributed by atoms with van der Waals surface area (Å²) in [5, 5.41) is 9.27. The van der Waals surface area contributed by atoms with Gasteiger partial charge in [-0.3, -0.25) is 9.59 Å². The van der Waals surface area contributed by atoms with Gasteiger partial charge in [-0.25, -0.2) is 0 Å². The molecule has 1 aliphatic rings. The fraction of sp³-hybridized carbons (Fsp3) is 0.389. The number of carbonyl (C=O) groups is 2. The van der Waals surface area contributed by atoms with E-state index < -0.39 is 0 Å². The lowest BCUT2D eigenvalue weighted by Gasteiger charge is -2.06. The Labute approximate surface area is 145 Å². The van der Waals surface area contributed by atoms with Crippen molar-refractivity contribution >= 4 is 17.6 Å². The molecule has 2 unspecified atom stereocenters. The van der Waals surface area contributed by atoms with E-state index in [0.29, 0.717) is 24.5 Å². The van der Waals surface area contributed by atoms with Crippen LogP contribution < -0.4 is 15.4 Å². The van der Waals surface area contributed by atoms with Gasteiger partial charge in [0, 0.05) is 12.6 Å². The van der Waals surface area contributed by atoms with Crippen molar-refractivity contribution in [2.24, 2.45) is 11.8 Å². The summed E-state index contributed by atoms with van der Waals surface area (Å²) in [4.78, 5) is 24.2. The highest BCUT2D eigenvalue weighted by atomic mass is 16.5. The molecule has 1 aromatic carbocycles. The molecule has 1 heterocycles. The minimum atomic E-state index is -0.294. The maximum atomic E-state index is 12.1. The lowest BCUT2D eigenvalue weighted by atomic mass is 10.1. The van der Waals surface area contributed by atoms with E-state index in [0.717, 1.165) is 17.7 Å². The first-order valence-electron chi connectivity index (χ1n) is 8.21. The summed E-state index contributed by atoms with van der Waals surface area (Å²) in [5.74, 6) is 0.990. The van der Waals surface area contributed by atoms with Crippen LogP contribution in [0.4, 0.5) is 5.82 Å². The Morgan fingerprint density at radius 2 is 1.96 bits per heavy atom. The maximum Gasteiger partial charge on any atom is 0.229 e. The molecule has 1 aromatic heterocycles. The van der Waals surface area contributed by atoms with Crippen LogP contribution in [-0.4, -0.2) is 30.6 Å². The van der Waals surface area contributed by atoms with Gasteiger partial charge in [-0.2, -0.15) is 0 Å². The molecule has 0 saturated heterocycles. The molecule has 7 nitrogen and oxygen atoms in total. The summed E-state index contributed by atoms with van der Waals surface area (Å²) in [6.07, 6.45) is 1.30. The molecule has 1 fully saturated rings. The second-order valence-corrected chi connectivity index (χ2v) is 6.15. The first kappa shape index (κ1) is 17.0. The number of carbonyl (C=O) groups excluding carboxylic acids is 2. The number of nitrogens with one attached hydrogen (secondary N) is 2. The molecule has 0 spiro atoms. The second-order valence-electron chi connectivity index (χ2n) is 6.15. The molecule has 2 atom stereocenters. The zero-order chi connectivity index (χ0) is 17.8. The Morgan fingerprint density at radius 1 is 1.24 bits per heavy atom. The van der Waals surface area contributed by atoms with Crippen molar-refractivity contribution in [2.45, 2.75) is 19.8 Å². The number of benzene rings is 1. The largest absolute Gasteiger partial charge is 0.497 e. The summed E-state index contributed by atoms with van der Waals surface area (Å²) in [7, 11) is 1.63. The summed E-state index contributed by atoms with van der Waals surface area (Å²) >= 11 is 0. The molecular weight excluding hydrogens is 322 g/mol. The van der Waals surface area contributed by atoms with Crippen molar-refractivity contribution in [2.75, 3.05) is 19.0 Å². The van der Waals surface area contributed by atoms with Crippen molar-refractivity contribution < 1.29 is 18.8 Å². The number of ether oxygens (including phenoxy) is 1. The van der Waals surface area contributed by atoms with Crippen LogP contribution in [0.15, 0.2) is 34.9 Å². The molecule has 0 aliphatic heterocycles. The van der Waals surface area contributed by atoms with E-state index in [4.69, 9.17) is 9.26 Å². The number of hydrogen-bond acceptors (Lipinski definition) is 5. The lowest BCUT2D eigenvalue weighted by Crippen LogP contribution is -2.29. The van der Waals surface area contributed by atoms with Gasteiger partial charge in [-0.1, -0.05) is 17.3 Å². The van der Waals surface area contributed by atoms with Crippen LogP contribution in [0.5, 0.6) is 5.75 Å². The number of aryl methyl sites for hydroxylation is 1. The predicted molar refractivity (Wildman–Crippen MR) is 91.2 cm³/mol. The Kier molecular flexibility index (Phi) is 5.02. The van der Waals surface area contributed by atoms with Gasteiger partial charge in [0.15, 0.2) is 5.82 Å². The highest BCUT2D eigenvalue weighted by Crippen LogP contribution is 2.39. The van der Waals surface area contributed by atoms with Gasteiger partial charge in [-0.05, 0) is 37.5 Å². The minimum absolute atomic E-state index is 0.0787. The second kappa shape index (κ2) is 7.38. The third-order valence-electron chi connectivity index (χ3n) is 4.22. The average molecular weight is 343 g/mol. The molecule has 2 aromatic rings. The smallest absolute Gasteiger partial charge is 0.229 e. The molecule has 7 heteroatoms. The molecular formula is C18H21N3O4. The maximum absolute atomic E-state index is 12.1. The molecule has 3 rings (SSSR count). The zero-order valence-corrected chi connectivity index (χ0v) is 14.2. The fourth-order valence-corrected chi connectivity index (χ4v) is 2.67. The van der Waals surface area contributed by atoms with Crippen LogP contribution in [0.25, 0.3) is 0 Å². The number of rotatable bonds is 7.